The summed E-state index contributed by atoms with van der Waals surface area (Å²) in [6.07, 6.45) is 3.24. The highest BCUT2D eigenvalue weighted by molar-refractivity contribution is 5.66. The third-order valence-electron chi connectivity index (χ3n) is 2.67. The molecule has 0 aromatic carbocycles. The number of allylic oxidation sites excluding steroid dienone is 1. The van der Waals surface area contributed by atoms with Crippen molar-refractivity contribution in [1.29, 1.82) is 0 Å². The van der Waals surface area contributed by atoms with Gasteiger partial charge in [-0.2, -0.15) is 5.10 Å². The number of rotatable bonds is 2. The quantitative estimate of drug-likeness (QED) is 0.795. The first-order valence-corrected chi connectivity index (χ1v) is 5.31. The molecule has 88 valence electrons. The van der Waals surface area contributed by atoms with Crippen LogP contribution in [0.15, 0.2) is 25.0 Å². The lowest BCUT2D eigenvalue weighted by atomic mass is 10.1. The highest BCUT2D eigenvalue weighted by Crippen LogP contribution is 2.25. The van der Waals surface area contributed by atoms with E-state index in [4.69, 9.17) is 0 Å². The molecule has 0 spiro atoms. The van der Waals surface area contributed by atoms with Gasteiger partial charge in [0.1, 0.15) is 5.82 Å². The zero-order valence-corrected chi connectivity index (χ0v) is 10.2. The Bertz CT molecular complexity index is 565. The smallest absolute Gasteiger partial charge is 0.136 e. The van der Waals surface area contributed by atoms with Gasteiger partial charge in [-0.3, -0.25) is 9.67 Å². The molecule has 3 nitrogen and oxygen atoms in total. The van der Waals surface area contributed by atoms with E-state index in [9.17, 15) is 4.39 Å². The predicted molar refractivity (Wildman–Crippen MR) is 65.8 cm³/mol. The maximum absolute atomic E-state index is 14.0. The van der Waals surface area contributed by atoms with Crippen LogP contribution in [0.25, 0.3) is 16.8 Å². The zero-order valence-electron chi connectivity index (χ0n) is 10.2. The number of pyridine rings is 1. The Kier molecular flexibility index (Phi) is 2.79. The molecule has 0 aliphatic heterocycles. The first kappa shape index (κ1) is 11.5. The van der Waals surface area contributed by atoms with Crippen LogP contribution in [0.1, 0.15) is 18.2 Å². The monoisotopic (exact) mass is 231 g/mol. The Hall–Kier alpha value is -1.97. The van der Waals surface area contributed by atoms with Crippen molar-refractivity contribution in [3.05, 3.63) is 42.1 Å². The molecule has 0 radical (unpaired) electrons. The fourth-order valence-corrected chi connectivity index (χ4v) is 1.77. The highest BCUT2D eigenvalue weighted by Gasteiger charge is 2.13. The number of hydrogen-bond acceptors (Lipinski definition) is 2. The van der Waals surface area contributed by atoms with Crippen LogP contribution in [0, 0.1) is 12.7 Å². The lowest BCUT2D eigenvalue weighted by Gasteiger charge is -2.07. The van der Waals surface area contributed by atoms with Crippen LogP contribution in [-0.2, 0) is 7.05 Å². The summed E-state index contributed by atoms with van der Waals surface area (Å²) in [5.41, 5.74) is 3.47. The molecule has 0 fully saturated rings. The normalized spacial score (nSPS) is 10.6. The van der Waals surface area contributed by atoms with E-state index in [0.29, 0.717) is 11.3 Å². The summed E-state index contributed by atoms with van der Waals surface area (Å²) in [6, 6.07) is 1.41. The fourth-order valence-electron chi connectivity index (χ4n) is 1.77. The van der Waals surface area contributed by atoms with E-state index < -0.39 is 0 Å². The average molecular weight is 231 g/mol. The van der Waals surface area contributed by atoms with Gasteiger partial charge in [-0.25, -0.2) is 4.39 Å². The summed E-state index contributed by atoms with van der Waals surface area (Å²) in [6.45, 7) is 7.45. The van der Waals surface area contributed by atoms with Crippen molar-refractivity contribution in [1.82, 2.24) is 14.8 Å². The summed E-state index contributed by atoms with van der Waals surface area (Å²) in [5.74, 6) is -0.301. The van der Waals surface area contributed by atoms with Crippen LogP contribution in [0.5, 0.6) is 0 Å². The van der Waals surface area contributed by atoms with Gasteiger partial charge < -0.3 is 0 Å². The highest BCUT2D eigenvalue weighted by atomic mass is 19.1. The molecule has 2 rings (SSSR count). The molecule has 0 aliphatic rings. The molecule has 0 saturated carbocycles. The van der Waals surface area contributed by atoms with E-state index in [1.165, 1.54) is 12.3 Å². The molecule has 0 amide bonds. The summed E-state index contributed by atoms with van der Waals surface area (Å²) in [7, 11) is 1.79. The third kappa shape index (κ3) is 1.98. The number of aryl methyl sites for hydroxylation is 2. The van der Waals surface area contributed by atoms with Crippen LogP contribution < -0.4 is 0 Å². The molecule has 17 heavy (non-hydrogen) atoms. The average Bonchev–Trinajstić information content (AvgIpc) is 2.59. The van der Waals surface area contributed by atoms with Crippen molar-refractivity contribution in [2.45, 2.75) is 13.8 Å². The Morgan fingerprint density at radius 1 is 1.41 bits per heavy atom. The standard InChI is InChI=1S/C13H14FN3/c1-8(2)12-5-11(14)10(7-15-12)13-9(3)6-16-17(13)4/h5-7H,1H2,2-4H3. The van der Waals surface area contributed by atoms with Crippen molar-refractivity contribution < 1.29 is 4.39 Å². The van der Waals surface area contributed by atoms with Gasteiger partial charge in [0, 0.05) is 19.3 Å². The van der Waals surface area contributed by atoms with Crippen molar-refractivity contribution in [2.24, 2.45) is 7.05 Å². The van der Waals surface area contributed by atoms with Crippen LogP contribution >= 0.6 is 0 Å². The number of nitrogens with zero attached hydrogens (tertiary/aromatic N) is 3. The molecule has 4 heteroatoms. The van der Waals surface area contributed by atoms with Crippen LogP contribution in [0.4, 0.5) is 4.39 Å². The van der Waals surface area contributed by atoms with E-state index in [1.54, 1.807) is 24.9 Å². The van der Waals surface area contributed by atoms with Crippen molar-refractivity contribution in [2.75, 3.05) is 0 Å². The summed E-state index contributed by atoms with van der Waals surface area (Å²) < 4.78 is 15.7. The molecule has 2 aromatic heterocycles. The number of hydrogen-bond donors (Lipinski definition) is 0. The maximum atomic E-state index is 14.0. The van der Waals surface area contributed by atoms with E-state index in [0.717, 1.165) is 16.8 Å². The second-order valence-electron chi connectivity index (χ2n) is 4.13. The molecule has 0 N–H and O–H groups in total. The SMILES string of the molecule is C=C(C)c1cc(F)c(-c2c(C)cnn2C)cn1. The maximum Gasteiger partial charge on any atom is 0.136 e. The minimum atomic E-state index is -0.301. The Labute approximate surface area is 99.6 Å². The Morgan fingerprint density at radius 2 is 2.12 bits per heavy atom. The lowest BCUT2D eigenvalue weighted by molar-refractivity contribution is 0.625. The van der Waals surface area contributed by atoms with Gasteiger partial charge in [0.2, 0.25) is 0 Å². The van der Waals surface area contributed by atoms with Crippen LogP contribution in [0.2, 0.25) is 0 Å². The first-order valence-electron chi connectivity index (χ1n) is 5.31. The largest absolute Gasteiger partial charge is 0.268 e. The van der Waals surface area contributed by atoms with Crippen molar-refractivity contribution >= 4 is 5.57 Å². The molecule has 0 unspecified atom stereocenters. The van der Waals surface area contributed by atoms with Crippen molar-refractivity contribution in [3.63, 3.8) is 0 Å². The molecule has 2 aromatic rings. The zero-order chi connectivity index (χ0) is 12.6. The van der Waals surface area contributed by atoms with Gasteiger partial charge in [0.05, 0.1) is 23.1 Å². The summed E-state index contributed by atoms with van der Waals surface area (Å²) >= 11 is 0. The molecular formula is C13H14FN3. The van der Waals surface area contributed by atoms with Gasteiger partial charge >= 0.3 is 0 Å². The first-order chi connectivity index (χ1) is 8.00. The Morgan fingerprint density at radius 3 is 2.59 bits per heavy atom. The predicted octanol–water partition coefficient (Wildman–Crippen LogP) is 2.96. The van der Waals surface area contributed by atoms with E-state index in [-0.39, 0.29) is 5.82 Å². The van der Waals surface area contributed by atoms with Crippen molar-refractivity contribution in [3.8, 4) is 11.3 Å². The van der Waals surface area contributed by atoms with E-state index >= 15 is 0 Å². The minimum absolute atomic E-state index is 0.301. The van der Waals surface area contributed by atoms with Crippen LogP contribution in [0.3, 0.4) is 0 Å². The minimum Gasteiger partial charge on any atom is -0.268 e. The molecule has 0 bridgehead atoms. The third-order valence-corrected chi connectivity index (χ3v) is 2.67. The molecule has 0 aliphatic carbocycles. The van der Waals surface area contributed by atoms with Crippen LogP contribution in [-0.4, -0.2) is 14.8 Å². The second kappa shape index (κ2) is 4.13. The number of halogens is 1. The van der Waals surface area contributed by atoms with E-state index in [2.05, 4.69) is 16.7 Å². The molecular weight excluding hydrogens is 217 g/mol. The van der Waals surface area contributed by atoms with Gasteiger partial charge in [0.25, 0.3) is 0 Å². The number of aromatic nitrogens is 3. The van der Waals surface area contributed by atoms with Gasteiger partial charge in [0.15, 0.2) is 0 Å². The topological polar surface area (TPSA) is 30.7 Å². The van der Waals surface area contributed by atoms with E-state index in [1.807, 2.05) is 6.92 Å². The fraction of sp³-hybridized carbons (Fsp3) is 0.231. The second-order valence-corrected chi connectivity index (χ2v) is 4.13. The molecule has 0 atom stereocenters. The van der Waals surface area contributed by atoms with Gasteiger partial charge in [-0.05, 0) is 25.0 Å². The molecule has 0 saturated heterocycles. The summed E-state index contributed by atoms with van der Waals surface area (Å²) in [4.78, 5) is 4.20. The van der Waals surface area contributed by atoms with Gasteiger partial charge in [-0.1, -0.05) is 6.58 Å². The molecule has 2 heterocycles. The summed E-state index contributed by atoms with van der Waals surface area (Å²) in [5, 5.41) is 4.10. The lowest BCUT2D eigenvalue weighted by Crippen LogP contribution is -1.98. The van der Waals surface area contributed by atoms with Gasteiger partial charge in [-0.15, -0.1) is 0 Å². The Balaban J connectivity index is 2.58.